The standard InChI is InChI=1S/C18H21NO2/c1-14-6-8-15(9-7-14)12-19-13-16-10-11-20-17-4-2-3-5-18(17)21-16/h2-9,16,19H,10-13H2,1H3. The molecule has 0 amide bonds. The first-order valence-corrected chi connectivity index (χ1v) is 7.46. The molecule has 0 aromatic heterocycles. The number of nitrogens with one attached hydrogen (secondary N) is 1. The minimum atomic E-state index is 0.152. The largest absolute Gasteiger partial charge is 0.490 e. The van der Waals surface area contributed by atoms with E-state index >= 15 is 0 Å². The number of fused-ring (bicyclic) bond motifs is 1. The molecule has 0 radical (unpaired) electrons. The quantitative estimate of drug-likeness (QED) is 0.933. The lowest BCUT2D eigenvalue weighted by Gasteiger charge is -2.16. The van der Waals surface area contributed by atoms with Crippen molar-refractivity contribution in [1.29, 1.82) is 0 Å². The molecule has 1 aliphatic rings. The summed E-state index contributed by atoms with van der Waals surface area (Å²) in [5.74, 6) is 1.69. The topological polar surface area (TPSA) is 30.5 Å². The van der Waals surface area contributed by atoms with E-state index in [2.05, 4.69) is 36.5 Å². The van der Waals surface area contributed by atoms with Crippen LogP contribution in [0.25, 0.3) is 0 Å². The molecule has 3 rings (SSSR count). The highest BCUT2D eigenvalue weighted by molar-refractivity contribution is 5.40. The highest BCUT2D eigenvalue weighted by Crippen LogP contribution is 2.30. The second kappa shape index (κ2) is 6.64. The van der Waals surface area contributed by atoms with Gasteiger partial charge in [-0.15, -0.1) is 0 Å². The van der Waals surface area contributed by atoms with Crippen LogP contribution in [0.5, 0.6) is 11.5 Å². The summed E-state index contributed by atoms with van der Waals surface area (Å²) < 4.78 is 11.7. The molecule has 0 aliphatic carbocycles. The van der Waals surface area contributed by atoms with Gasteiger partial charge in [-0.1, -0.05) is 42.0 Å². The van der Waals surface area contributed by atoms with Crippen molar-refractivity contribution >= 4 is 0 Å². The van der Waals surface area contributed by atoms with Crippen LogP contribution in [0.1, 0.15) is 17.5 Å². The Morgan fingerprint density at radius 2 is 1.81 bits per heavy atom. The predicted octanol–water partition coefficient (Wildman–Crippen LogP) is 3.31. The van der Waals surface area contributed by atoms with Gasteiger partial charge in [0.25, 0.3) is 0 Å². The van der Waals surface area contributed by atoms with Gasteiger partial charge in [-0.25, -0.2) is 0 Å². The summed E-state index contributed by atoms with van der Waals surface area (Å²) >= 11 is 0. The van der Waals surface area contributed by atoms with Gasteiger partial charge < -0.3 is 14.8 Å². The van der Waals surface area contributed by atoms with Crippen molar-refractivity contribution in [3.8, 4) is 11.5 Å². The zero-order valence-electron chi connectivity index (χ0n) is 12.3. The zero-order valence-corrected chi connectivity index (χ0v) is 12.3. The highest BCUT2D eigenvalue weighted by Gasteiger charge is 2.17. The molecule has 0 bridgehead atoms. The Hall–Kier alpha value is -2.00. The molecule has 3 heteroatoms. The van der Waals surface area contributed by atoms with E-state index in [4.69, 9.17) is 9.47 Å². The molecule has 0 fully saturated rings. The van der Waals surface area contributed by atoms with Crippen molar-refractivity contribution in [1.82, 2.24) is 5.32 Å². The maximum Gasteiger partial charge on any atom is 0.161 e. The molecule has 3 nitrogen and oxygen atoms in total. The molecule has 21 heavy (non-hydrogen) atoms. The summed E-state index contributed by atoms with van der Waals surface area (Å²) in [6.45, 7) is 4.50. The maximum absolute atomic E-state index is 6.03. The van der Waals surface area contributed by atoms with Crippen LogP contribution in [-0.4, -0.2) is 19.3 Å². The summed E-state index contributed by atoms with van der Waals surface area (Å²) in [7, 11) is 0. The first-order chi connectivity index (χ1) is 10.3. The van der Waals surface area contributed by atoms with E-state index in [1.807, 2.05) is 24.3 Å². The lowest BCUT2D eigenvalue weighted by atomic mass is 10.1. The van der Waals surface area contributed by atoms with Crippen LogP contribution in [0.2, 0.25) is 0 Å². The van der Waals surface area contributed by atoms with Crippen LogP contribution >= 0.6 is 0 Å². The van der Waals surface area contributed by atoms with Crippen LogP contribution in [0.15, 0.2) is 48.5 Å². The molecular weight excluding hydrogens is 262 g/mol. The predicted molar refractivity (Wildman–Crippen MR) is 83.9 cm³/mol. The van der Waals surface area contributed by atoms with E-state index < -0.39 is 0 Å². The molecular formula is C18H21NO2. The third-order valence-corrected chi connectivity index (χ3v) is 3.66. The fourth-order valence-electron chi connectivity index (χ4n) is 2.43. The Morgan fingerprint density at radius 1 is 1.05 bits per heavy atom. The first kappa shape index (κ1) is 14.0. The minimum absolute atomic E-state index is 0.152. The molecule has 1 aliphatic heterocycles. The van der Waals surface area contributed by atoms with Crippen LogP contribution in [0, 0.1) is 6.92 Å². The molecule has 2 aromatic rings. The number of aryl methyl sites for hydroxylation is 1. The van der Waals surface area contributed by atoms with Gasteiger partial charge in [0, 0.05) is 19.5 Å². The van der Waals surface area contributed by atoms with Crippen molar-refractivity contribution in [2.75, 3.05) is 13.2 Å². The third kappa shape index (κ3) is 3.76. The number of benzene rings is 2. The molecule has 1 atom stereocenters. The van der Waals surface area contributed by atoms with Crippen molar-refractivity contribution in [2.24, 2.45) is 0 Å². The Morgan fingerprint density at radius 3 is 2.62 bits per heavy atom. The van der Waals surface area contributed by atoms with Gasteiger partial charge in [0.2, 0.25) is 0 Å². The number of ether oxygens (including phenoxy) is 2. The van der Waals surface area contributed by atoms with Gasteiger partial charge in [-0.2, -0.15) is 0 Å². The maximum atomic E-state index is 6.03. The Labute approximate surface area is 125 Å². The van der Waals surface area contributed by atoms with E-state index in [0.717, 1.165) is 31.0 Å². The second-order valence-corrected chi connectivity index (χ2v) is 5.44. The second-order valence-electron chi connectivity index (χ2n) is 5.44. The monoisotopic (exact) mass is 283 g/mol. The molecule has 0 saturated heterocycles. The van der Waals surface area contributed by atoms with Gasteiger partial charge in [-0.3, -0.25) is 0 Å². The summed E-state index contributed by atoms with van der Waals surface area (Å²) in [5.41, 5.74) is 2.59. The highest BCUT2D eigenvalue weighted by atomic mass is 16.5. The Kier molecular flexibility index (Phi) is 4.41. The van der Waals surface area contributed by atoms with Crippen LogP contribution < -0.4 is 14.8 Å². The fourth-order valence-corrected chi connectivity index (χ4v) is 2.43. The van der Waals surface area contributed by atoms with Crippen molar-refractivity contribution in [2.45, 2.75) is 26.0 Å². The number of hydrogen-bond donors (Lipinski definition) is 1. The van der Waals surface area contributed by atoms with Gasteiger partial charge in [-0.05, 0) is 24.6 Å². The molecule has 1 N–H and O–H groups in total. The average Bonchev–Trinajstić information content (AvgIpc) is 2.71. The first-order valence-electron chi connectivity index (χ1n) is 7.46. The van der Waals surface area contributed by atoms with Crippen molar-refractivity contribution in [3.05, 3.63) is 59.7 Å². The van der Waals surface area contributed by atoms with E-state index in [0.29, 0.717) is 6.61 Å². The minimum Gasteiger partial charge on any atom is -0.490 e. The third-order valence-electron chi connectivity index (χ3n) is 3.66. The zero-order chi connectivity index (χ0) is 14.5. The summed E-state index contributed by atoms with van der Waals surface area (Å²) in [6.07, 6.45) is 1.05. The lowest BCUT2D eigenvalue weighted by molar-refractivity contribution is 0.187. The lowest BCUT2D eigenvalue weighted by Crippen LogP contribution is -2.31. The molecule has 110 valence electrons. The Bertz CT molecular complexity index is 580. The van der Waals surface area contributed by atoms with E-state index in [1.54, 1.807) is 0 Å². The number of para-hydroxylation sites is 2. The van der Waals surface area contributed by atoms with Crippen LogP contribution in [0.4, 0.5) is 0 Å². The van der Waals surface area contributed by atoms with Gasteiger partial charge in [0.15, 0.2) is 11.5 Å². The molecule has 2 aromatic carbocycles. The molecule has 1 unspecified atom stereocenters. The molecule has 0 saturated carbocycles. The van der Waals surface area contributed by atoms with E-state index in [9.17, 15) is 0 Å². The van der Waals surface area contributed by atoms with Gasteiger partial charge in [0.05, 0.1) is 6.61 Å². The van der Waals surface area contributed by atoms with Crippen LogP contribution in [0.3, 0.4) is 0 Å². The van der Waals surface area contributed by atoms with Gasteiger partial charge >= 0.3 is 0 Å². The van der Waals surface area contributed by atoms with E-state index in [-0.39, 0.29) is 6.10 Å². The number of rotatable bonds is 4. The molecule has 0 spiro atoms. The number of hydrogen-bond acceptors (Lipinski definition) is 3. The fraction of sp³-hybridized carbons (Fsp3) is 0.333. The van der Waals surface area contributed by atoms with Crippen molar-refractivity contribution in [3.63, 3.8) is 0 Å². The average molecular weight is 283 g/mol. The van der Waals surface area contributed by atoms with E-state index in [1.165, 1.54) is 11.1 Å². The smallest absolute Gasteiger partial charge is 0.161 e. The summed E-state index contributed by atoms with van der Waals surface area (Å²) in [4.78, 5) is 0. The normalized spacial score (nSPS) is 17.3. The SMILES string of the molecule is Cc1ccc(CNCC2CCOc3ccccc3O2)cc1. The van der Waals surface area contributed by atoms with Gasteiger partial charge in [0.1, 0.15) is 6.10 Å². The molecule has 1 heterocycles. The Balaban J connectivity index is 1.53. The summed E-state index contributed by atoms with van der Waals surface area (Å²) in [6, 6.07) is 16.5. The summed E-state index contributed by atoms with van der Waals surface area (Å²) in [5, 5.41) is 3.47. The van der Waals surface area contributed by atoms with Crippen LogP contribution in [-0.2, 0) is 6.54 Å². The van der Waals surface area contributed by atoms with Crippen molar-refractivity contribution < 1.29 is 9.47 Å².